The monoisotopic (exact) mass is 216 g/mol. The minimum atomic E-state index is -0.199. The zero-order chi connectivity index (χ0) is 11.7. The van der Waals surface area contributed by atoms with Crippen molar-refractivity contribution in [1.82, 2.24) is 0 Å². The second kappa shape index (κ2) is 3.93. The first-order valence-corrected chi connectivity index (χ1v) is 5.18. The minimum absolute atomic E-state index is 0.148. The lowest BCUT2D eigenvalue weighted by atomic mass is 9.90. The lowest BCUT2D eigenvalue weighted by molar-refractivity contribution is 0.0891. The van der Waals surface area contributed by atoms with Gasteiger partial charge in [0.1, 0.15) is 0 Å². The zero-order valence-corrected chi connectivity index (χ0v) is 9.24. The highest BCUT2D eigenvalue weighted by Crippen LogP contribution is 2.24. The number of aryl methyl sites for hydroxylation is 1. The molecular weight excluding hydrogens is 204 g/mol. The van der Waals surface area contributed by atoms with E-state index in [1.165, 1.54) is 6.08 Å². The van der Waals surface area contributed by atoms with Crippen molar-refractivity contribution >= 4 is 11.6 Å². The quantitative estimate of drug-likeness (QED) is 0.761. The van der Waals surface area contributed by atoms with Gasteiger partial charge in [-0.3, -0.25) is 9.59 Å². The van der Waals surface area contributed by atoms with Gasteiger partial charge in [0.15, 0.2) is 11.5 Å². The van der Waals surface area contributed by atoms with Gasteiger partial charge in [-0.1, -0.05) is 18.2 Å². The summed E-state index contributed by atoms with van der Waals surface area (Å²) >= 11 is 0. The molecule has 0 heterocycles. The third-order valence-corrected chi connectivity index (χ3v) is 2.55. The highest BCUT2D eigenvalue weighted by molar-refractivity contribution is 6.24. The summed E-state index contributed by atoms with van der Waals surface area (Å²) in [5, 5.41) is 0. The van der Waals surface area contributed by atoms with Crippen molar-refractivity contribution in [1.29, 1.82) is 0 Å². The molecule has 3 heteroatoms. The molecular formula is C13H12O3. The standard InChI is InChI=1S/C13H12O3/c1-3-16-11-7-10(14)9-6-4-5-8(2)12(9)13(11)15/h4-7H,3H2,1-2H3. The number of benzene rings is 1. The van der Waals surface area contributed by atoms with Gasteiger partial charge in [0.2, 0.25) is 5.78 Å². The van der Waals surface area contributed by atoms with Crippen molar-refractivity contribution in [2.24, 2.45) is 0 Å². The van der Waals surface area contributed by atoms with E-state index in [9.17, 15) is 9.59 Å². The molecule has 0 radical (unpaired) electrons. The molecule has 1 aromatic rings. The van der Waals surface area contributed by atoms with Crippen molar-refractivity contribution in [2.75, 3.05) is 6.61 Å². The number of carbonyl (C=O) groups is 2. The smallest absolute Gasteiger partial charge is 0.228 e. The summed E-state index contributed by atoms with van der Waals surface area (Å²) in [5.74, 6) is -0.217. The topological polar surface area (TPSA) is 43.4 Å². The molecule has 1 aromatic carbocycles. The molecule has 3 nitrogen and oxygen atoms in total. The number of hydrogen-bond donors (Lipinski definition) is 0. The molecule has 0 aliphatic heterocycles. The molecule has 0 saturated carbocycles. The van der Waals surface area contributed by atoms with Crippen LogP contribution in [0, 0.1) is 6.92 Å². The molecule has 0 unspecified atom stereocenters. The zero-order valence-electron chi connectivity index (χ0n) is 9.24. The molecule has 0 N–H and O–H groups in total. The van der Waals surface area contributed by atoms with Crippen LogP contribution in [0.5, 0.6) is 0 Å². The summed E-state index contributed by atoms with van der Waals surface area (Å²) in [7, 11) is 0. The summed E-state index contributed by atoms with van der Waals surface area (Å²) in [6, 6.07) is 5.26. The third kappa shape index (κ3) is 1.54. The van der Waals surface area contributed by atoms with E-state index >= 15 is 0 Å². The van der Waals surface area contributed by atoms with Gasteiger partial charge in [-0.25, -0.2) is 0 Å². The number of ketones is 2. The fourth-order valence-corrected chi connectivity index (χ4v) is 1.82. The number of hydrogen-bond acceptors (Lipinski definition) is 3. The molecule has 1 aliphatic carbocycles. The number of Topliss-reactive ketones (excluding diaryl/α,β-unsaturated/α-hetero) is 1. The Morgan fingerprint density at radius 2 is 2.00 bits per heavy atom. The van der Waals surface area contributed by atoms with Gasteiger partial charge >= 0.3 is 0 Å². The Hall–Kier alpha value is -1.90. The molecule has 0 amide bonds. The highest BCUT2D eigenvalue weighted by Gasteiger charge is 2.27. The van der Waals surface area contributed by atoms with Crippen LogP contribution in [0.1, 0.15) is 33.2 Å². The number of allylic oxidation sites excluding steroid dienone is 2. The van der Waals surface area contributed by atoms with Crippen LogP contribution in [0.25, 0.3) is 0 Å². The molecule has 16 heavy (non-hydrogen) atoms. The number of carbonyl (C=O) groups excluding carboxylic acids is 2. The maximum Gasteiger partial charge on any atom is 0.228 e. The van der Waals surface area contributed by atoms with E-state index in [1.54, 1.807) is 19.1 Å². The molecule has 0 spiro atoms. The van der Waals surface area contributed by atoms with Crippen molar-refractivity contribution < 1.29 is 14.3 Å². The Kier molecular flexibility index (Phi) is 2.60. The van der Waals surface area contributed by atoms with Gasteiger partial charge in [0, 0.05) is 17.2 Å². The SMILES string of the molecule is CCOC1=CC(=O)c2cccc(C)c2C1=O. The Bertz CT molecular complexity index is 498. The molecule has 0 fully saturated rings. The fourth-order valence-electron chi connectivity index (χ4n) is 1.82. The molecule has 1 aliphatic rings. The first-order valence-electron chi connectivity index (χ1n) is 5.18. The van der Waals surface area contributed by atoms with Gasteiger partial charge in [-0.15, -0.1) is 0 Å². The van der Waals surface area contributed by atoms with E-state index in [4.69, 9.17) is 4.74 Å². The largest absolute Gasteiger partial charge is 0.490 e. The predicted octanol–water partition coefficient (Wildman–Crippen LogP) is 2.29. The summed E-state index contributed by atoms with van der Waals surface area (Å²) in [6.07, 6.45) is 1.27. The van der Waals surface area contributed by atoms with E-state index in [1.807, 2.05) is 13.0 Å². The molecule has 0 aromatic heterocycles. The second-order valence-corrected chi connectivity index (χ2v) is 3.63. The van der Waals surface area contributed by atoms with Crippen molar-refractivity contribution in [2.45, 2.75) is 13.8 Å². The summed E-state index contributed by atoms with van der Waals surface area (Å²) in [4.78, 5) is 23.8. The van der Waals surface area contributed by atoms with Crippen molar-refractivity contribution in [3.05, 3.63) is 46.7 Å². The molecule has 2 rings (SSSR count). The normalized spacial score (nSPS) is 14.5. The van der Waals surface area contributed by atoms with E-state index < -0.39 is 0 Å². The van der Waals surface area contributed by atoms with Gasteiger partial charge in [0.25, 0.3) is 0 Å². The van der Waals surface area contributed by atoms with E-state index in [2.05, 4.69) is 0 Å². The average molecular weight is 216 g/mol. The van der Waals surface area contributed by atoms with Gasteiger partial charge in [0.05, 0.1) is 6.61 Å². The van der Waals surface area contributed by atoms with E-state index in [0.717, 1.165) is 5.56 Å². The van der Waals surface area contributed by atoms with E-state index in [0.29, 0.717) is 17.7 Å². The minimum Gasteiger partial charge on any atom is -0.490 e. The molecule has 82 valence electrons. The Morgan fingerprint density at radius 3 is 2.69 bits per heavy atom. The van der Waals surface area contributed by atoms with Crippen LogP contribution in [-0.2, 0) is 4.74 Å². The van der Waals surface area contributed by atoms with Crippen LogP contribution < -0.4 is 0 Å². The van der Waals surface area contributed by atoms with E-state index in [-0.39, 0.29) is 17.3 Å². The second-order valence-electron chi connectivity index (χ2n) is 3.63. The Labute approximate surface area is 93.7 Å². The Balaban J connectivity index is 2.57. The van der Waals surface area contributed by atoms with Gasteiger partial charge in [-0.2, -0.15) is 0 Å². The average Bonchev–Trinajstić information content (AvgIpc) is 2.25. The maximum atomic E-state index is 12.0. The lowest BCUT2D eigenvalue weighted by Crippen LogP contribution is -2.19. The summed E-state index contributed by atoms with van der Waals surface area (Å²) in [5.41, 5.74) is 1.74. The maximum absolute atomic E-state index is 12.0. The highest BCUT2D eigenvalue weighted by atomic mass is 16.5. The summed E-state index contributed by atoms with van der Waals surface area (Å²) in [6.45, 7) is 3.98. The predicted molar refractivity (Wildman–Crippen MR) is 59.5 cm³/mol. The fraction of sp³-hybridized carbons (Fsp3) is 0.231. The van der Waals surface area contributed by atoms with Crippen LogP contribution in [0.3, 0.4) is 0 Å². The van der Waals surface area contributed by atoms with Crippen LogP contribution in [0.2, 0.25) is 0 Å². The number of ether oxygens (including phenoxy) is 1. The summed E-state index contributed by atoms with van der Waals surface area (Å²) < 4.78 is 5.17. The number of fused-ring (bicyclic) bond motifs is 1. The van der Waals surface area contributed by atoms with Crippen LogP contribution in [0.4, 0.5) is 0 Å². The van der Waals surface area contributed by atoms with Crippen LogP contribution >= 0.6 is 0 Å². The third-order valence-electron chi connectivity index (χ3n) is 2.55. The Morgan fingerprint density at radius 1 is 1.25 bits per heavy atom. The van der Waals surface area contributed by atoms with Crippen LogP contribution in [-0.4, -0.2) is 18.2 Å². The van der Waals surface area contributed by atoms with Gasteiger partial charge in [-0.05, 0) is 19.4 Å². The molecule has 0 saturated heterocycles. The van der Waals surface area contributed by atoms with Crippen molar-refractivity contribution in [3.63, 3.8) is 0 Å². The number of rotatable bonds is 2. The molecule has 0 bridgehead atoms. The first kappa shape index (κ1) is 10.6. The molecule has 0 atom stereocenters. The van der Waals surface area contributed by atoms with Crippen LogP contribution in [0.15, 0.2) is 30.0 Å². The lowest BCUT2D eigenvalue weighted by Gasteiger charge is -2.16. The van der Waals surface area contributed by atoms with Gasteiger partial charge < -0.3 is 4.74 Å². The van der Waals surface area contributed by atoms with Crippen molar-refractivity contribution in [3.8, 4) is 0 Å². The first-order chi connectivity index (χ1) is 7.65.